The van der Waals surface area contributed by atoms with Crippen molar-refractivity contribution < 1.29 is 14.5 Å². The maximum atomic E-state index is 12.3. The van der Waals surface area contributed by atoms with Crippen LogP contribution in [-0.4, -0.2) is 30.1 Å². The molecule has 132 valence electrons. The molecule has 2 aromatic carbocycles. The molecule has 2 rings (SSSR count). The van der Waals surface area contributed by atoms with Gasteiger partial charge in [-0.1, -0.05) is 60.7 Å². The second kappa shape index (κ2) is 9.54. The van der Waals surface area contributed by atoms with Crippen LogP contribution >= 0.6 is 0 Å². The number of esters is 1. The predicted octanol–water partition coefficient (Wildman–Crippen LogP) is 2.77. The van der Waals surface area contributed by atoms with Crippen LogP contribution in [0.1, 0.15) is 24.1 Å². The number of nitrogens with one attached hydrogen (secondary N) is 1. The van der Waals surface area contributed by atoms with E-state index in [2.05, 4.69) is 5.32 Å². The number of carbonyl (C=O) groups is 1. The Morgan fingerprint density at radius 2 is 1.72 bits per heavy atom. The van der Waals surface area contributed by atoms with Crippen LogP contribution in [-0.2, 0) is 16.0 Å². The molecule has 0 fully saturated rings. The Labute approximate surface area is 147 Å². The summed E-state index contributed by atoms with van der Waals surface area (Å²) in [7, 11) is 0. The molecular weight excluding hydrogens is 320 g/mol. The molecule has 0 aromatic heterocycles. The van der Waals surface area contributed by atoms with Gasteiger partial charge in [-0.25, -0.2) is 0 Å². The number of hydrogen-bond donors (Lipinski definition) is 1. The first-order valence-electron chi connectivity index (χ1n) is 8.23. The summed E-state index contributed by atoms with van der Waals surface area (Å²) in [6.07, 6.45) is 0.403. The molecule has 25 heavy (non-hydrogen) atoms. The minimum absolute atomic E-state index is 0.261. The van der Waals surface area contributed by atoms with Crippen molar-refractivity contribution in [2.24, 2.45) is 0 Å². The monoisotopic (exact) mass is 342 g/mol. The number of hydrogen-bond acceptors (Lipinski definition) is 5. The molecule has 0 saturated carbocycles. The van der Waals surface area contributed by atoms with Gasteiger partial charge in [0.25, 0.3) is 0 Å². The van der Waals surface area contributed by atoms with Gasteiger partial charge in [-0.15, -0.1) is 0 Å². The van der Waals surface area contributed by atoms with E-state index >= 15 is 0 Å². The lowest BCUT2D eigenvalue weighted by Crippen LogP contribution is -2.44. The van der Waals surface area contributed by atoms with E-state index in [9.17, 15) is 14.9 Å². The molecule has 0 heterocycles. The largest absolute Gasteiger partial charge is 0.465 e. The zero-order chi connectivity index (χ0) is 18.1. The SMILES string of the molecule is CCOC(=O)[C@H](Cc1ccccc1)NC(C[N+](=O)[O-])c1ccccc1. The van der Waals surface area contributed by atoms with Gasteiger partial charge in [-0.2, -0.15) is 0 Å². The van der Waals surface area contributed by atoms with Crippen molar-refractivity contribution in [2.75, 3.05) is 13.2 Å². The molecule has 6 heteroatoms. The van der Waals surface area contributed by atoms with Crippen LogP contribution in [0.5, 0.6) is 0 Å². The van der Waals surface area contributed by atoms with Crippen LogP contribution in [0, 0.1) is 10.1 Å². The molecule has 1 unspecified atom stereocenters. The van der Waals surface area contributed by atoms with Gasteiger partial charge < -0.3 is 4.74 Å². The maximum Gasteiger partial charge on any atom is 0.323 e. The van der Waals surface area contributed by atoms with Gasteiger partial charge in [0, 0.05) is 4.92 Å². The summed E-state index contributed by atoms with van der Waals surface area (Å²) in [5.74, 6) is -0.407. The summed E-state index contributed by atoms with van der Waals surface area (Å²) in [5, 5.41) is 14.2. The quantitative estimate of drug-likeness (QED) is 0.430. The number of nitrogens with zero attached hydrogens (tertiary/aromatic N) is 1. The van der Waals surface area contributed by atoms with E-state index < -0.39 is 18.1 Å². The number of nitro groups is 1. The highest BCUT2D eigenvalue weighted by Gasteiger charge is 2.27. The number of carbonyl (C=O) groups excluding carboxylic acids is 1. The Morgan fingerprint density at radius 1 is 1.12 bits per heavy atom. The van der Waals surface area contributed by atoms with E-state index in [-0.39, 0.29) is 18.1 Å². The van der Waals surface area contributed by atoms with Gasteiger partial charge in [0.05, 0.1) is 12.6 Å². The molecule has 0 amide bonds. The van der Waals surface area contributed by atoms with E-state index in [1.54, 1.807) is 6.92 Å². The summed E-state index contributed by atoms with van der Waals surface area (Å²) in [6, 6.07) is 17.4. The van der Waals surface area contributed by atoms with E-state index in [0.717, 1.165) is 11.1 Å². The summed E-state index contributed by atoms with van der Waals surface area (Å²) in [6.45, 7) is 1.69. The van der Waals surface area contributed by atoms with Crippen LogP contribution in [0.15, 0.2) is 60.7 Å². The molecule has 0 spiro atoms. The average Bonchev–Trinajstić information content (AvgIpc) is 2.62. The Morgan fingerprint density at radius 3 is 2.28 bits per heavy atom. The van der Waals surface area contributed by atoms with Gasteiger partial charge in [0.1, 0.15) is 6.04 Å². The van der Waals surface area contributed by atoms with Crippen molar-refractivity contribution in [3.8, 4) is 0 Å². The molecule has 0 aliphatic rings. The Kier molecular flexibility index (Phi) is 7.10. The second-order valence-corrected chi connectivity index (χ2v) is 5.64. The van der Waals surface area contributed by atoms with Gasteiger partial charge in [0.15, 0.2) is 0 Å². The first kappa shape index (κ1) is 18.6. The van der Waals surface area contributed by atoms with Crippen molar-refractivity contribution >= 4 is 5.97 Å². The average molecular weight is 342 g/mol. The molecule has 1 N–H and O–H groups in total. The molecule has 0 aliphatic carbocycles. The second-order valence-electron chi connectivity index (χ2n) is 5.64. The fourth-order valence-electron chi connectivity index (χ4n) is 2.63. The maximum absolute atomic E-state index is 12.3. The third kappa shape index (κ3) is 6.00. The van der Waals surface area contributed by atoms with Crippen molar-refractivity contribution in [2.45, 2.75) is 25.4 Å². The van der Waals surface area contributed by atoms with Crippen LogP contribution in [0.2, 0.25) is 0 Å². The van der Waals surface area contributed by atoms with Crippen molar-refractivity contribution in [3.63, 3.8) is 0 Å². The summed E-state index contributed by atoms with van der Waals surface area (Å²) in [4.78, 5) is 23.0. The van der Waals surface area contributed by atoms with E-state index in [1.165, 1.54) is 0 Å². The molecular formula is C19H22N2O4. The van der Waals surface area contributed by atoms with Gasteiger partial charge in [-0.3, -0.25) is 20.2 Å². The van der Waals surface area contributed by atoms with E-state index in [1.807, 2.05) is 60.7 Å². The predicted molar refractivity (Wildman–Crippen MR) is 94.7 cm³/mol. The van der Waals surface area contributed by atoms with E-state index in [0.29, 0.717) is 6.42 Å². The number of ether oxygens (including phenoxy) is 1. The van der Waals surface area contributed by atoms with Crippen molar-refractivity contribution in [1.82, 2.24) is 5.32 Å². The molecule has 6 nitrogen and oxygen atoms in total. The lowest BCUT2D eigenvalue weighted by atomic mass is 10.0. The summed E-state index contributed by atoms with van der Waals surface area (Å²) in [5.41, 5.74) is 1.72. The highest BCUT2D eigenvalue weighted by atomic mass is 16.6. The smallest absolute Gasteiger partial charge is 0.323 e. The van der Waals surface area contributed by atoms with E-state index in [4.69, 9.17) is 4.74 Å². The third-order valence-corrected chi connectivity index (χ3v) is 3.79. The zero-order valence-electron chi connectivity index (χ0n) is 14.1. The van der Waals surface area contributed by atoms with Crippen molar-refractivity contribution in [1.29, 1.82) is 0 Å². The summed E-state index contributed by atoms with van der Waals surface area (Å²) < 4.78 is 5.15. The Balaban J connectivity index is 2.21. The lowest BCUT2D eigenvalue weighted by molar-refractivity contribution is -0.484. The van der Waals surface area contributed by atoms with Gasteiger partial charge >= 0.3 is 5.97 Å². The molecule has 0 bridgehead atoms. The highest BCUT2D eigenvalue weighted by molar-refractivity contribution is 5.76. The van der Waals surface area contributed by atoms with Crippen LogP contribution < -0.4 is 5.32 Å². The van der Waals surface area contributed by atoms with Gasteiger partial charge in [0.2, 0.25) is 6.54 Å². The molecule has 2 aromatic rings. The van der Waals surface area contributed by atoms with Crippen LogP contribution in [0.4, 0.5) is 0 Å². The molecule has 0 aliphatic heterocycles. The Bertz CT molecular complexity index is 676. The fourth-order valence-corrected chi connectivity index (χ4v) is 2.63. The molecule has 0 radical (unpaired) electrons. The fraction of sp³-hybridized carbons (Fsp3) is 0.316. The normalized spacial score (nSPS) is 13.0. The Hall–Kier alpha value is -2.73. The molecule has 0 saturated heterocycles. The zero-order valence-corrected chi connectivity index (χ0v) is 14.1. The lowest BCUT2D eigenvalue weighted by Gasteiger charge is -2.23. The minimum Gasteiger partial charge on any atom is -0.465 e. The summed E-state index contributed by atoms with van der Waals surface area (Å²) >= 11 is 0. The van der Waals surface area contributed by atoms with Crippen molar-refractivity contribution in [3.05, 3.63) is 81.9 Å². The van der Waals surface area contributed by atoms with Gasteiger partial charge in [-0.05, 0) is 24.5 Å². The van der Waals surface area contributed by atoms with Crippen LogP contribution in [0.3, 0.4) is 0 Å². The minimum atomic E-state index is -0.660. The molecule has 2 atom stereocenters. The number of rotatable bonds is 9. The van der Waals surface area contributed by atoms with Crippen LogP contribution in [0.25, 0.3) is 0 Å². The number of benzene rings is 2. The standard InChI is InChI=1S/C19H22N2O4/c1-2-25-19(22)17(13-15-9-5-3-6-10-15)20-18(14-21(23)24)16-11-7-4-8-12-16/h3-12,17-18,20H,2,13-14H2,1H3/t17-,18?/m0/s1. The first-order valence-corrected chi connectivity index (χ1v) is 8.23. The topological polar surface area (TPSA) is 81.5 Å². The highest BCUT2D eigenvalue weighted by Crippen LogP contribution is 2.16. The first-order chi connectivity index (χ1) is 12.1. The third-order valence-electron chi connectivity index (χ3n) is 3.79.